The number of hydrogen-bond donors (Lipinski definition) is 1. The van der Waals surface area contributed by atoms with Crippen molar-refractivity contribution in [3.05, 3.63) is 32.8 Å². The Morgan fingerprint density at radius 2 is 2.10 bits per heavy atom. The number of halogens is 1. The van der Waals surface area contributed by atoms with E-state index in [1.54, 1.807) is 6.07 Å². The van der Waals surface area contributed by atoms with Crippen LogP contribution >= 0.6 is 15.9 Å². The first-order chi connectivity index (χ1) is 9.47. The summed E-state index contributed by atoms with van der Waals surface area (Å²) in [6.45, 7) is 1.54. The first-order valence-electron chi connectivity index (χ1n) is 6.38. The van der Waals surface area contributed by atoms with Crippen molar-refractivity contribution >= 4 is 33.3 Å². The van der Waals surface area contributed by atoms with Gasteiger partial charge < -0.3 is 10.0 Å². The lowest BCUT2D eigenvalue weighted by Gasteiger charge is -2.33. The molecule has 1 aliphatic rings. The third kappa shape index (κ3) is 3.47. The summed E-state index contributed by atoms with van der Waals surface area (Å²) >= 11 is 3.37. The van der Waals surface area contributed by atoms with Gasteiger partial charge in [0.2, 0.25) is 0 Å². The zero-order valence-electron chi connectivity index (χ0n) is 10.8. The quantitative estimate of drug-likeness (QED) is 0.671. The van der Waals surface area contributed by atoms with Crippen LogP contribution in [0.15, 0.2) is 22.7 Å². The molecule has 0 amide bonds. The van der Waals surface area contributed by atoms with Crippen molar-refractivity contribution < 1.29 is 14.8 Å². The monoisotopic (exact) mass is 342 g/mol. The third-order valence-corrected chi connectivity index (χ3v) is 4.20. The minimum Gasteiger partial charge on any atom is -0.481 e. The van der Waals surface area contributed by atoms with Gasteiger partial charge in [-0.1, -0.05) is 0 Å². The van der Waals surface area contributed by atoms with Gasteiger partial charge in [-0.15, -0.1) is 0 Å². The smallest absolute Gasteiger partial charge is 0.303 e. The van der Waals surface area contributed by atoms with Crippen molar-refractivity contribution in [3.8, 4) is 0 Å². The largest absolute Gasteiger partial charge is 0.481 e. The molecule has 1 heterocycles. The molecule has 0 radical (unpaired) electrons. The number of nitro benzene ring substituents is 1. The van der Waals surface area contributed by atoms with Gasteiger partial charge >= 0.3 is 5.97 Å². The fourth-order valence-electron chi connectivity index (χ4n) is 2.49. The lowest BCUT2D eigenvalue weighted by Crippen LogP contribution is -2.34. The van der Waals surface area contributed by atoms with Gasteiger partial charge in [-0.05, 0) is 40.8 Å². The summed E-state index contributed by atoms with van der Waals surface area (Å²) in [5.74, 6) is -0.527. The molecule has 1 aromatic carbocycles. The number of nitro groups is 1. The first kappa shape index (κ1) is 14.8. The Hall–Kier alpha value is -1.63. The summed E-state index contributed by atoms with van der Waals surface area (Å²) in [7, 11) is 0. The standard InChI is InChI=1S/C13H15BrN2O4/c14-11-8-10(16(19)20)1-2-12(11)15-5-3-9(4-6-15)7-13(17)18/h1-2,8-9H,3-7H2,(H,17,18). The molecular weight excluding hydrogens is 328 g/mol. The van der Waals surface area contributed by atoms with Gasteiger partial charge in [0.15, 0.2) is 0 Å². The molecule has 1 saturated heterocycles. The normalized spacial score (nSPS) is 16.1. The summed E-state index contributed by atoms with van der Waals surface area (Å²) in [6, 6.07) is 4.72. The summed E-state index contributed by atoms with van der Waals surface area (Å²) in [5, 5.41) is 19.5. The Labute approximate surface area is 124 Å². The topological polar surface area (TPSA) is 83.7 Å². The number of nitrogens with zero attached hydrogens (tertiary/aromatic N) is 2. The molecule has 0 unspecified atom stereocenters. The van der Waals surface area contributed by atoms with Crippen molar-refractivity contribution in [1.29, 1.82) is 0 Å². The fraction of sp³-hybridized carbons (Fsp3) is 0.462. The van der Waals surface area contributed by atoms with Gasteiger partial charge in [0.05, 0.1) is 10.6 Å². The lowest BCUT2D eigenvalue weighted by molar-refractivity contribution is -0.384. The first-order valence-corrected chi connectivity index (χ1v) is 7.17. The van der Waals surface area contributed by atoms with Crippen molar-refractivity contribution in [3.63, 3.8) is 0 Å². The molecule has 0 saturated carbocycles. The Bertz CT molecular complexity index is 527. The molecule has 0 aromatic heterocycles. The summed E-state index contributed by atoms with van der Waals surface area (Å²) < 4.78 is 0.698. The van der Waals surface area contributed by atoms with Gasteiger partial charge in [0, 0.05) is 36.1 Å². The van der Waals surface area contributed by atoms with Crippen molar-refractivity contribution in [2.75, 3.05) is 18.0 Å². The van der Waals surface area contributed by atoms with Crippen LogP contribution in [0, 0.1) is 16.0 Å². The highest BCUT2D eigenvalue weighted by Crippen LogP contribution is 2.33. The van der Waals surface area contributed by atoms with Gasteiger partial charge in [-0.25, -0.2) is 0 Å². The molecule has 0 aliphatic carbocycles. The number of non-ortho nitro benzene ring substituents is 1. The van der Waals surface area contributed by atoms with Crippen molar-refractivity contribution in [1.82, 2.24) is 0 Å². The van der Waals surface area contributed by atoms with Gasteiger partial charge in [0.1, 0.15) is 0 Å². The van der Waals surface area contributed by atoms with Crippen LogP contribution in [0.1, 0.15) is 19.3 Å². The van der Waals surface area contributed by atoms with E-state index >= 15 is 0 Å². The van der Waals surface area contributed by atoms with Gasteiger partial charge in [-0.2, -0.15) is 0 Å². The van der Waals surface area contributed by atoms with Gasteiger partial charge in [-0.3, -0.25) is 14.9 Å². The van der Waals surface area contributed by atoms with E-state index in [0.29, 0.717) is 4.47 Å². The maximum atomic E-state index is 10.7. The Balaban J connectivity index is 2.03. The molecule has 2 rings (SSSR count). The third-order valence-electron chi connectivity index (χ3n) is 3.56. The highest BCUT2D eigenvalue weighted by atomic mass is 79.9. The number of piperidine rings is 1. The Kier molecular flexibility index (Phi) is 4.59. The molecule has 1 fully saturated rings. The average Bonchev–Trinajstić information content (AvgIpc) is 2.39. The second-order valence-corrected chi connectivity index (χ2v) is 5.78. The molecule has 0 spiro atoms. The maximum Gasteiger partial charge on any atom is 0.303 e. The fourth-order valence-corrected chi connectivity index (χ4v) is 3.11. The highest BCUT2D eigenvalue weighted by Gasteiger charge is 2.23. The molecule has 0 bridgehead atoms. The molecule has 20 heavy (non-hydrogen) atoms. The number of benzene rings is 1. The SMILES string of the molecule is O=C(O)CC1CCN(c2ccc([N+](=O)[O-])cc2Br)CC1. The maximum absolute atomic E-state index is 10.7. The van der Waals surface area contributed by atoms with Gasteiger partial charge in [0.25, 0.3) is 5.69 Å². The second kappa shape index (κ2) is 6.21. The molecule has 108 valence electrons. The second-order valence-electron chi connectivity index (χ2n) is 4.92. The lowest BCUT2D eigenvalue weighted by atomic mass is 9.93. The molecule has 1 aliphatic heterocycles. The minimum absolute atomic E-state index is 0.0568. The van der Waals surface area contributed by atoms with E-state index in [4.69, 9.17) is 5.11 Å². The van der Waals surface area contributed by atoms with Crippen LogP contribution in [0.4, 0.5) is 11.4 Å². The van der Waals surface area contributed by atoms with E-state index in [-0.39, 0.29) is 18.0 Å². The number of hydrogen-bond acceptors (Lipinski definition) is 4. The van der Waals surface area contributed by atoms with E-state index < -0.39 is 10.9 Å². The molecule has 7 heteroatoms. The molecule has 6 nitrogen and oxygen atoms in total. The van der Waals surface area contributed by atoms with E-state index in [9.17, 15) is 14.9 Å². The number of aliphatic carboxylic acids is 1. The molecule has 1 N–H and O–H groups in total. The van der Waals surface area contributed by atoms with Crippen molar-refractivity contribution in [2.45, 2.75) is 19.3 Å². The average molecular weight is 343 g/mol. The van der Waals surface area contributed by atoms with Crippen LogP contribution < -0.4 is 4.90 Å². The predicted molar refractivity (Wildman–Crippen MR) is 78.0 cm³/mol. The van der Waals surface area contributed by atoms with Crippen molar-refractivity contribution in [2.24, 2.45) is 5.92 Å². The summed E-state index contributed by atoms with van der Waals surface area (Å²) in [6.07, 6.45) is 1.88. The Morgan fingerprint density at radius 3 is 2.60 bits per heavy atom. The molecule has 1 aromatic rings. The van der Waals surface area contributed by atoms with E-state index in [2.05, 4.69) is 20.8 Å². The number of carbonyl (C=O) groups is 1. The zero-order valence-corrected chi connectivity index (χ0v) is 12.4. The van der Waals surface area contributed by atoms with E-state index in [1.165, 1.54) is 12.1 Å². The Morgan fingerprint density at radius 1 is 1.45 bits per heavy atom. The summed E-state index contributed by atoms with van der Waals surface area (Å²) in [4.78, 5) is 23.1. The van der Waals surface area contributed by atoms with E-state index in [0.717, 1.165) is 31.6 Å². The molecular formula is C13H15BrN2O4. The number of rotatable bonds is 4. The van der Waals surface area contributed by atoms with Crippen LogP contribution in [0.2, 0.25) is 0 Å². The van der Waals surface area contributed by atoms with Crippen LogP contribution in [0.5, 0.6) is 0 Å². The van der Waals surface area contributed by atoms with Crippen LogP contribution in [0.3, 0.4) is 0 Å². The van der Waals surface area contributed by atoms with Crippen LogP contribution in [0.25, 0.3) is 0 Å². The van der Waals surface area contributed by atoms with E-state index in [1.807, 2.05) is 0 Å². The number of carboxylic acid groups (broad SMARTS) is 1. The predicted octanol–water partition coefficient (Wildman–Crippen LogP) is 3.05. The van der Waals surface area contributed by atoms with Crippen LogP contribution in [-0.2, 0) is 4.79 Å². The number of anilines is 1. The zero-order chi connectivity index (χ0) is 14.7. The summed E-state index contributed by atoms with van der Waals surface area (Å²) in [5.41, 5.74) is 0.978. The minimum atomic E-state index is -0.750. The van der Waals surface area contributed by atoms with Crippen LogP contribution in [-0.4, -0.2) is 29.1 Å². The number of carboxylic acids is 1. The molecule has 0 atom stereocenters. The highest BCUT2D eigenvalue weighted by molar-refractivity contribution is 9.10.